The highest BCUT2D eigenvalue weighted by molar-refractivity contribution is 6.01. The number of likely N-dealkylation sites (tertiary alicyclic amines) is 1. The molecule has 1 aromatic rings. The number of ether oxygens (including phenoxy) is 1. The van der Waals surface area contributed by atoms with E-state index in [1.165, 1.54) is 6.07 Å². The summed E-state index contributed by atoms with van der Waals surface area (Å²) in [6.45, 7) is 6.89. The number of aromatic hydroxyl groups is 2. The maximum atomic E-state index is 13.2. The molecule has 1 aromatic carbocycles. The van der Waals surface area contributed by atoms with Gasteiger partial charge in [-0.05, 0) is 56.6 Å². The van der Waals surface area contributed by atoms with Crippen molar-refractivity contribution < 1.29 is 29.4 Å². The van der Waals surface area contributed by atoms with E-state index in [2.05, 4.69) is 5.16 Å². The van der Waals surface area contributed by atoms with E-state index in [4.69, 9.17) is 9.57 Å². The summed E-state index contributed by atoms with van der Waals surface area (Å²) in [6, 6.07) is 1.18. The second-order valence-electron chi connectivity index (χ2n) is 9.71. The summed E-state index contributed by atoms with van der Waals surface area (Å²) >= 11 is 0. The number of amides is 1. The van der Waals surface area contributed by atoms with E-state index in [1.54, 1.807) is 17.9 Å². The maximum absolute atomic E-state index is 13.2. The van der Waals surface area contributed by atoms with Gasteiger partial charge < -0.3 is 24.7 Å². The largest absolute Gasteiger partial charge is 0.508 e. The van der Waals surface area contributed by atoms with Gasteiger partial charge >= 0.3 is 5.97 Å². The lowest BCUT2D eigenvalue weighted by Gasteiger charge is -2.26. The number of esters is 1. The van der Waals surface area contributed by atoms with Crippen molar-refractivity contribution in [1.82, 2.24) is 4.90 Å². The van der Waals surface area contributed by atoms with Crippen LogP contribution in [0.5, 0.6) is 11.5 Å². The first-order chi connectivity index (χ1) is 17.3. The van der Waals surface area contributed by atoms with E-state index in [1.807, 2.05) is 32.1 Å². The van der Waals surface area contributed by atoms with Crippen LogP contribution in [0.1, 0.15) is 86.7 Å². The number of piperidine rings is 1. The Morgan fingerprint density at radius 3 is 2.58 bits per heavy atom. The average molecular weight is 499 g/mol. The van der Waals surface area contributed by atoms with Crippen molar-refractivity contribution in [1.29, 1.82) is 0 Å². The second-order valence-corrected chi connectivity index (χ2v) is 9.71. The smallest absolute Gasteiger partial charge is 0.342 e. The van der Waals surface area contributed by atoms with Crippen LogP contribution in [-0.2, 0) is 20.8 Å². The number of oxime groups is 1. The Hall–Kier alpha value is -3.29. The fourth-order valence-corrected chi connectivity index (χ4v) is 4.59. The van der Waals surface area contributed by atoms with E-state index in [9.17, 15) is 19.8 Å². The molecule has 2 N–H and O–H groups in total. The van der Waals surface area contributed by atoms with Crippen molar-refractivity contribution >= 4 is 17.6 Å². The SMILES string of the molecule is CC(C)c1c(O)cc(O)c2c1CC(=N\OCC(=O)N1CCCCC1)/C=C/CC/C=C/C[C@@H](C)OC2=O. The fraction of sp³-hybridized carbons (Fsp3) is 0.536. The van der Waals surface area contributed by atoms with Crippen LogP contribution in [0.3, 0.4) is 0 Å². The minimum Gasteiger partial charge on any atom is -0.508 e. The van der Waals surface area contributed by atoms with Crippen LogP contribution in [0.2, 0.25) is 0 Å². The number of hydrogen-bond acceptors (Lipinski definition) is 7. The zero-order valence-electron chi connectivity index (χ0n) is 21.5. The zero-order chi connectivity index (χ0) is 26.1. The number of nitrogens with zero attached hydrogens (tertiary/aromatic N) is 2. The average Bonchev–Trinajstić information content (AvgIpc) is 2.82. The van der Waals surface area contributed by atoms with Gasteiger partial charge in [-0.15, -0.1) is 0 Å². The molecule has 3 rings (SSSR count). The highest BCUT2D eigenvalue weighted by Crippen LogP contribution is 2.38. The lowest BCUT2D eigenvalue weighted by atomic mass is 9.88. The molecule has 8 heteroatoms. The number of cyclic esters (lactones) is 1. The number of hydrogen-bond donors (Lipinski definition) is 2. The molecular weight excluding hydrogens is 460 g/mol. The van der Waals surface area contributed by atoms with Gasteiger partial charge in [-0.25, -0.2) is 4.79 Å². The summed E-state index contributed by atoms with van der Waals surface area (Å²) in [5.41, 5.74) is 1.44. The molecule has 0 bridgehead atoms. The Bertz CT molecular complexity index is 1020. The van der Waals surface area contributed by atoms with Crippen molar-refractivity contribution in [3.63, 3.8) is 0 Å². The number of carbonyl (C=O) groups is 2. The van der Waals surface area contributed by atoms with Gasteiger partial charge in [0.1, 0.15) is 23.2 Å². The van der Waals surface area contributed by atoms with Gasteiger partial charge in [-0.3, -0.25) is 4.79 Å². The number of phenols is 2. The van der Waals surface area contributed by atoms with Crippen molar-refractivity contribution in [3.8, 4) is 11.5 Å². The zero-order valence-corrected chi connectivity index (χ0v) is 21.5. The summed E-state index contributed by atoms with van der Waals surface area (Å²) in [6.07, 6.45) is 12.8. The highest BCUT2D eigenvalue weighted by Gasteiger charge is 2.27. The van der Waals surface area contributed by atoms with Crippen molar-refractivity contribution in [2.45, 2.75) is 77.7 Å². The molecule has 1 saturated heterocycles. The standard InChI is InChI=1S/C28H38N2O6/c1-19(2)26-22-16-21(29-35-18-25(33)30-14-10-7-11-15-30)13-9-6-4-5-8-12-20(3)36-28(34)27(22)24(32)17-23(26)31/h5,8-9,13,17,19-20,31-32H,4,6-7,10-12,14-16,18H2,1-3H3/b8-5+,13-9+,29-21-/t20-/m1/s1. The third-order valence-electron chi connectivity index (χ3n) is 6.40. The first-order valence-corrected chi connectivity index (χ1v) is 12.8. The number of allylic oxidation sites excluding steroid dienone is 3. The predicted molar refractivity (Wildman–Crippen MR) is 138 cm³/mol. The number of phenolic OH excluding ortho intramolecular Hbond substituents is 2. The molecular formula is C28H38N2O6. The second kappa shape index (κ2) is 13.1. The Labute approximate surface area is 213 Å². The predicted octanol–water partition coefficient (Wildman–Crippen LogP) is 4.99. The normalized spacial score (nSPS) is 22.4. The van der Waals surface area contributed by atoms with Crippen LogP contribution in [0, 0.1) is 0 Å². The number of carbonyl (C=O) groups excluding carboxylic acids is 2. The molecule has 8 nitrogen and oxygen atoms in total. The van der Waals surface area contributed by atoms with E-state index >= 15 is 0 Å². The van der Waals surface area contributed by atoms with E-state index in [0.29, 0.717) is 23.3 Å². The molecule has 36 heavy (non-hydrogen) atoms. The van der Waals surface area contributed by atoms with Gasteiger partial charge in [-0.1, -0.05) is 37.2 Å². The van der Waals surface area contributed by atoms with Gasteiger partial charge in [0.2, 0.25) is 0 Å². The third-order valence-corrected chi connectivity index (χ3v) is 6.40. The Morgan fingerprint density at radius 2 is 1.86 bits per heavy atom. The first-order valence-electron chi connectivity index (χ1n) is 12.8. The lowest BCUT2D eigenvalue weighted by molar-refractivity contribution is -0.137. The van der Waals surface area contributed by atoms with Crippen LogP contribution in [-0.4, -0.2) is 58.5 Å². The molecule has 1 fully saturated rings. The van der Waals surface area contributed by atoms with E-state index in [0.717, 1.165) is 45.2 Å². The van der Waals surface area contributed by atoms with Gasteiger partial charge in [0.15, 0.2) is 6.61 Å². The summed E-state index contributed by atoms with van der Waals surface area (Å²) in [5, 5.41) is 25.6. The van der Waals surface area contributed by atoms with E-state index in [-0.39, 0.29) is 48.0 Å². The molecule has 0 saturated carbocycles. The molecule has 0 radical (unpaired) electrons. The van der Waals surface area contributed by atoms with Crippen LogP contribution >= 0.6 is 0 Å². The van der Waals surface area contributed by atoms with Crippen molar-refractivity contribution in [2.24, 2.45) is 5.16 Å². The maximum Gasteiger partial charge on any atom is 0.342 e. The molecule has 196 valence electrons. The number of rotatable bonds is 4. The molecule has 0 aromatic heterocycles. The van der Waals surface area contributed by atoms with Crippen molar-refractivity contribution in [2.75, 3.05) is 19.7 Å². The Kier molecular flexibility index (Phi) is 9.96. The van der Waals surface area contributed by atoms with Crippen LogP contribution in [0.15, 0.2) is 35.5 Å². The first kappa shape index (κ1) is 27.3. The molecule has 1 amide bonds. The summed E-state index contributed by atoms with van der Waals surface area (Å²) in [7, 11) is 0. The number of fused-ring (bicyclic) bond motifs is 1. The monoisotopic (exact) mass is 498 g/mol. The summed E-state index contributed by atoms with van der Waals surface area (Å²) in [5.74, 6) is -1.36. The Morgan fingerprint density at radius 1 is 1.14 bits per heavy atom. The van der Waals surface area contributed by atoms with Crippen LogP contribution < -0.4 is 0 Å². The van der Waals surface area contributed by atoms with Crippen LogP contribution in [0.25, 0.3) is 0 Å². The Balaban J connectivity index is 1.96. The van der Waals surface area contributed by atoms with Gasteiger partial charge in [0.25, 0.3) is 5.91 Å². The molecule has 2 heterocycles. The molecule has 0 unspecified atom stereocenters. The van der Waals surface area contributed by atoms with Crippen LogP contribution in [0.4, 0.5) is 0 Å². The summed E-state index contributed by atoms with van der Waals surface area (Å²) in [4.78, 5) is 32.9. The van der Waals surface area contributed by atoms with Crippen molar-refractivity contribution in [3.05, 3.63) is 47.1 Å². The molecule has 0 spiro atoms. The number of benzene rings is 1. The molecule has 2 aliphatic rings. The topological polar surface area (TPSA) is 109 Å². The van der Waals surface area contributed by atoms with Gasteiger partial charge in [0.05, 0.1) is 5.71 Å². The minimum atomic E-state index is -0.660. The highest BCUT2D eigenvalue weighted by atomic mass is 16.6. The van der Waals surface area contributed by atoms with Gasteiger partial charge in [0, 0.05) is 37.6 Å². The molecule has 2 aliphatic heterocycles. The fourth-order valence-electron chi connectivity index (χ4n) is 4.59. The lowest BCUT2D eigenvalue weighted by Crippen LogP contribution is -2.37. The molecule has 0 aliphatic carbocycles. The summed E-state index contributed by atoms with van der Waals surface area (Å²) < 4.78 is 5.62. The van der Waals surface area contributed by atoms with E-state index < -0.39 is 5.97 Å². The third kappa shape index (κ3) is 7.35. The van der Waals surface area contributed by atoms with Gasteiger partial charge in [-0.2, -0.15) is 0 Å². The minimum absolute atomic E-state index is 0.00915. The molecule has 1 atom stereocenters. The quantitative estimate of drug-likeness (QED) is 0.344.